The highest BCUT2D eigenvalue weighted by molar-refractivity contribution is 7.89. The minimum Gasteiger partial charge on any atom is -0.481 e. The third kappa shape index (κ3) is 7.95. The summed E-state index contributed by atoms with van der Waals surface area (Å²) in [5.41, 5.74) is 2.66. The largest absolute Gasteiger partial charge is 0.481 e. The molecule has 148 valence electrons. The molecule has 0 saturated heterocycles. The minimum atomic E-state index is -3.45. The molecule has 5 nitrogen and oxygen atoms in total. The molecule has 0 spiro atoms. The Hall–Kier alpha value is -2.15. The van der Waals surface area contributed by atoms with Crippen LogP contribution in [0, 0.1) is 5.82 Å². The number of allylic oxidation sites excluding steroid dienone is 4. The quantitative estimate of drug-likeness (QED) is 0.439. The molecule has 2 rings (SSSR count). The summed E-state index contributed by atoms with van der Waals surface area (Å²) < 4.78 is 40.3. The third-order valence-electron chi connectivity index (χ3n) is 4.48. The average molecular weight is 395 g/mol. The van der Waals surface area contributed by atoms with E-state index in [9.17, 15) is 17.6 Å². The van der Waals surface area contributed by atoms with Gasteiger partial charge in [0.25, 0.3) is 0 Å². The van der Waals surface area contributed by atoms with E-state index in [1.807, 2.05) is 12.2 Å². The van der Waals surface area contributed by atoms with Crippen LogP contribution >= 0.6 is 0 Å². The zero-order chi connectivity index (χ0) is 19.7. The number of hydrogen-bond donors (Lipinski definition) is 2. The van der Waals surface area contributed by atoms with E-state index in [-0.39, 0.29) is 18.0 Å². The number of hydrogen-bond acceptors (Lipinski definition) is 3. The Kier molecular flexibility index (Phi) is 8.03. The van der Waals surface area contributed by atoms with Crippen LogP contribution in [0.15, 0.2) is 47.7 Å². The van der Waals surface area contributed by atoms with E-state index in [2.05, 4.69) is 4.72 Å². The number of nitrogens with one attached hydrogen (secondary N) is 1. The summed E-state index contributed by atoms with van der Waals surface area (Å²) in [4.78, 5) is 10.5. The van der Waals surface area contributed by atoms with Crippen LogP contribution in [-0.2, 0) is 21.2 Å². The molecule has 1 aliphatic carbocycles. The summed E-state index contributed by atoms with van der Waals surface area (Å²) >= 11 is 0. The molecule has 7 heteroatoms. The van der Waals surface area contributed by atoms with Crippen LogP contribution in [0.3, 0.4) is 0 Å². The van der Waals surface area contributed by atoms with E-state index in [1.54, 1.807) is 12.1 Å². The summed E-state index contributed by atoms with van der Waals surface area (Å²) in [6.07, 6.45) is 8.94. The maximum absolute atomic E-state index is 12.9. The maximum atomic E-state index is 12.9. The number of carboxylic acids is 1. The predicted octanol–water partition coefficient (Wildman–Crippen LogP) is 3.93. The van der Waals surface area contributed by atoms with Gasteiger partial charge in [-0.1, -0.05) is 24.3 Å². The molecule has 0 saturated carbocycles. The molecule has 0 heterocycles. The highest BCUT2D eigenvalue weighted by atomic mass is 32.2. The predicted molar refractivity (Wildman–Crippen MR) is 103 cm³/mol. The number of unbranched alkanes of at least 4 members (excludes halogenated alkanes) is 1. The fraction of sp³-hybridized carbons (Fsp3) is 0.450. The van der Waals surface area contributed by atoms with Crippen molar-refractivity contribution in [1.29, 1.82) is 0 Å². The van der Waals surface area contributed by atoms with Gasteiger partial charge in [-0.15, -0.1) is 0 Å². The smallest absolute Gasteiger partial charge is 0.303 e. The molecule has 0 amide bonds. The monoisotopic (exact) mass is 395 g/mol. The standard InChI is InChI=1S/C20H26FNO4S/c21-18-12-10-16(11-13-18)14-15-27(25,26)22-19-8-5-7-17(19)6-3-1-2-4-9-20(23)24/h1,3,10-13,22H,2,4-9,14-15H2,(H,23,24). The molecule has 0 bridgehead atoms. The average Bonchev–Trinajstić information content (AvgIpc) is 3.03. The third-order valence-corrected chi connectivity index (χ3v) is 5.77. The van der Waals surface area contributed by atoms with E-state index in [0.29, 0.717) is 25.7 Å². The molecular formula is C20H26FNO4S. The van der Waals surface area contributed by atoms with Crippen molar-refractivity contribution in [3.63, 3.8) is 0 Å². The Morgan fingerprint density at radius 3 is 2.63 bits per heavy atom. The van der Waals surface area contributed by atoms with E-state index in [1.165, 1.54) is 12.1 Å². The SMILES string of the molecule is O=C(O)CCCC=CCC1=C(NS(=O)(=O)CCc2ccc(F)cc2)CCC1. The molecule has 1 aromatic carbocycles. The molecule has 2 N–H and O–H groups in total. The second kappa shape index (κ2) is 10.3. The summed E-state index contributed by atoms with van der Waals surface area (Å²) in [7, 11) is -3.45. The summed E-state index contributed by atoms with van der Waals surface area (Å²) in [5.74, 6) is -1.17. The molecular weight excluding hydrogens is 369 g/mol. The summed E-state index contributed by atoms with van der Waals surface area (Å²) in [6, 6.07) is 5.85. The van der Waals surface area contributed by atoms with Crippen molar-refractivity contribution >= 4 is 16.0 Å². The van der Waals surface area contributed by atoms with Gasteiger partial charge < -0.3 is 5.11 Å². The minimum absolute atomic E-state index is 0.0412. The molecule has 27 heavy (non-hydrogen) atoms. The number of carbonyl (C=O) groups is 1. The number of benzene rings is 1. The lowest BCUT2D eigenvalue weighted by molar-refractivity contribution is -0.137. The van der Waals surface area contributed by atoms with E-state index in [0.717, 1.165) is 36.1 Å². The van der Waals surface area contributed by atoms with Crippen molar-refractivity contribution in [3.05, 3.63) is 59.1 Å². The van der Waals surface area contributed by atoms with Crippen molar-refractivity contribution in [3.8, 4) is 0 Å². The van der Waals surface area contributed by atoms with Gasteiger partial charge in [-0.05, 0) is 68.2 Å². The highest BCUT2D eigenvalue weighted by Gasteiger charge is 2.19. The lowest BCUT2D eigenvalue weighted by Gasteiger charge is -2.11. The number of carboxylic acid groups (broad SMARTS) is 1. The van der Waals surface area contributed by atoms with E-state index < -0.39 is 16.0 Å². The first-order chi connectivity index (χ1) is 12.9. The summed E-state index contributed by atoms with van der Waals surface area (Å²) in [6.45, 7) is 0. The molecule has 0 aromatic heterocycles. The first kappa shape index (κ1) is 21.2. The first-order valence-electron chi connectivity index (χ1n) is 9.18. The molecule has 0 radical (unpaired) electrons. The fourth-order valence-corrected chi connectivity index (χ4v) is 4.24. The maximum Gasteiger partial charge on any atom is 0.303 e. The normalized spacial score (nSPS) is 14.9. The van der Waals surface area contributed by atoms with Crippen LogP contribution in [0.1, 0.15) is 50.5 Å². The van der Waals surface area contributed by atoms with Gasteiger partial charge in [0.05, 0.1) is 5.75 Å². The van der Waals surface area contributed by atoms with Gasteiger partial charge in [-0.2, -0.15) is 0 Å². The molecule has 0 unspecified atom stereocenters. The lowest BCUT2D eigenvalue weighted by atomic mass is 10.1. The van der Waals surface area contributed by atoms with Gasteiger partial charge in [0.1, 0.15) is 5.82 Å². The molecule has 0 atom stereocenters. The summed E-state index contributed by atoms with van der Waals surface area (Å²) in [5, 5.41) is 8.60. The van der Waals surface area contributed by atoms with Crippen LogP contribution in [-0.4, -0.2) is 25.2 Å². The van der Waals surface area contributed by atoms with Crippen molar-refractivity contribution in [2.75, 3.05) is 5.75 Å². The molecule has 1 aromatic rings. The number of halogens is 1. The second-order valence-electron chi connectivity index (χ2n) is 6.69. The first-order valence-corrected chi connectivity index (χ1v) is 10.8. The number of aryl methyl sites for hydroxylation is 1. The lowest BCUT2D eigenvalue weighted by Crippen LogP contribution is -2.26. The van der Waals surface area contributed by atoms with Gasteiger partial charge in [0.2, 0.25) is 10.0 Å². The van der Waals surface area contributed by atoms with E-state index in [4.69, 9.17) is 5.11 Å². The van der Waals surface area contributed by atoms with Gasteiger partial charge >= 0.3 is 5.97 Å². The zero-order valence-corrected chi connectivity index (χ0v) is 16.1. The van der Waals surface area contributed by atoms with Crippen LogP contribution in [0.5, 0.6) is 0 Å². The Labute approximate surface area is 160 Å². The molecule has 0 fully saturated rings. The van der Waals surface area contributed by atoms with Crippen LogP contribution in [0.4, 0.5) is 4.39 Å². The topological polar surface area (TPSA) is 83.5 Å². The number of rotatable bonds is 11. The van der Waals surface area contributed by atoms with Crippen LogP contribution < -0.4 is 4.72 Å². The van der Waals surface area contributed by atoms with Crippen molar-refractivity contribution < 1.29 is 22.7 Å². The Bertz CT molecular complexity index is 798. The van der Waals surface area contributed by atoms with Gasteiger partial charge in [-0.3, -0.25) is 9.52 Å². The van der Waals surface area contributed by atoms with Crippen LogP contribution in [0.25, 0.3) is 0 Å². The van der Waals surface area contributed by atoms with Crippen LogP contribution in [0.2, 0.25) is 0 Å². The Morgan fingerprint density at radius 2 is 1.93 bits per heavy atom. The van der Waals surface area contributed by atoms with Gasteiger partial charge in [-0.25, -0.2) is 12.8 Å². The number of aliphatic carboxylic acids is 1. The molecule has 0 aliphatic heterocycles. The van der Waals surface area contributed by atoms with Crippen molar-refractivity contribution in [2.24, 2.45) is 0 Å². The Balaban J connectivity index is 1.84. The molecule has 1 aliphatic rings. The highest BCUT2D eigenvalue weighted by Crippen LogP contribution is 2.27. The Morgan fingerprint density at radius 1 is 1.19 bits per heavy atom. The van der Waals surface area contributed by atoms with Gasteiger partial charge in [0, 0.05) is 12.1 Å². The number of sulfonamides is 1. The van der Waals surface area contributed by atoms with E-state index >= 15 is 0 Å². The second-order valence-corrected chi connectivity index (χ2v) is 8.54. The van der Waals surface area contributed by atoms with Gasteiger partial charge in [0.15, 0.2) is 0 Å². The van der Waals surface area contributed by atoms with Crippen molar-refractivity contribution in [1.82, 2.24) is 4.72 Å². The van der Waals surface area contributed by atoms with Crippen molar-refractivity contribution in [2.45, 2.75) is 51.4 Å². The zero-order valence-electron chi connectivity index (χ0n) is 15.3. The fourth-order valence-electron chi connectivity index (χ4n) is 3.01.